The largest absolute Gasteiger partial charge is 0.299 e. The number of hydrogen-bond acceptors (Lipinski definition) is 1. The maximum Gasteiger partial charge on any atom is 0.136 e. The number of hydrogen-bond donors (Lipinski definition) is 0. The second-order valence-electron chi connectivity index (χ2n) is 7.10. The third-order valence-corrected chi connectivity index (χ3v) is 2.87. The maximum absolute atomic E-state index is 11.7. The smallest absolute Gasteiger partial charge is 0.136 e. The Morgan fingerprint density at radius 1 is 1.06 bits per heavy atom. The van der Waals surface area contributed by atoms with E-state index in [2.05, 4.69) is 34.6 Å². The van der Waals surface area contributed by atoms with Gasteiger partial charge in [-0.25, -0.2) is 0 Å². The zero-order chi connectivity index (χ0) is 14.2. The molecular weight excluding hydrogens is 220 g/mol. The molecule has 0 aromatic carbocycles. The molecule has 0 fully saturated rings. The van der Waals surface area contributed by atoms with Crippen molar-refractivity contribution in [3.8, 4) is 0 Å². The molecule has 0 rings (SSSR count). The van der Waals surface area contributed by atoms with Gasteiger partial charge in [0.15, 0.2) is 0 Å². The molecule has 0 N–H and O–H groups in total. The Morgan fingerprint density at radius 3 is 2.17 bits per heavy atom. The summed E-state index contributed by atoms with van der Waals surface area (Å²) in [6.07, 6.45) is 11.2. The lowest BCUT2D eigenvalue weighted by molar-refractivity contribution is -0.118. The van der Waals surface area contributed by atoms with Gasteiger partial charge in [-0.2, -0.15) is 0 Å². The SMILES string of the molecule is C/C=C/C=C/CC(=O)CCC(C)(C)CC(C)(C)C. The van der Waals surface area contributed by atoms with E-state index in [1.165, 1.54) is 0 Å². The second kappa shape index (κ2) is 7.56. The lowest BCUT2D eigenvalue weighted by atomic mass is 9.73. The fraction of sp³-hybridized carbons (Fsp3) is 0.706. The Bertz CT molecular complexity index is 300. The summed E-state index contributed by atoms with van der Waals surface area (Å²) in [5, 5.41) is 0. The van der Waals surface area contributed by atoms with Crippen molar-refractivity contribution < 1.29 is 4.79 Å². The summed E-state index contributed by atoms with van der Waals surface area (Å²) in [6, 6.07) is 0. The van der Waals surface area contributed by atoms with E-state index in [0.29, 0.717) is 24.0 Å². The van der Waals surface area contributed by atoms with E-state index < -0.39 is 0 Å². The van der Waals surface area contributed by atoms with Crippen LogP contribution in [0.25, 0.3) is 0 Å². The molecule has 0 heterocycles. The minimum atomic E-state index is 0.251. The molecule has 18 heavy (non-hydrogen) atoms. The molecule has 0 unspecified atom stereocenters. The molecular formula is C17H30O. The van der Waals surface area contributed by atoms with Gasteiger partial charge in [-0.3, -0.25) is 4.79 Å². The number of carbonyl (C=O) groups is 1. The molecule has 1 nitrogen and oxygen atoms in total. The fourth-order valence-corrected chi connectivity index (χ4v) is 2.49. The minimum absolute atomic E-state index is 0.251. The van der Waals surface area contributed by atoms with Crippen LogP contribution in [0.4, 0.5) is 0 Å². The Kier molecular flexibility index (Phi) is 7.20. The lowest BCUT2D eigenvalue weighted by Crippen LogP contribution is -2.21. The van der Waals surface area contributed by atoms with E-state index in [9.17, 15) is 4.79 Å². The van der Waals surface area contributed by atoms with Crippen LogP contribution in [0.15, 0.2) is 24.3 Å². The molecule has 0 aliphatic rings. The van der Waals surface area contributed by atoms with Gasteiger partial charge in [0.05, 0.1) is 0 Å². The summed E-state index contributed by atoms with van der Waals surface area (Å²) in [5.41, 5.74) is 0.583. The van der Waals surface area contributed by atoms with Crippen LogP contribution in [0.5, 0.6) is 0 Å². The minimum Gasteiger partial charge on any atom is -0.299 e. The first-order chi connectivity index (χ1) is 8.16. The predicted octanol–water partition coefficient (Wildman–Crippen LogP) is 5.32. The quantitative estimate of drug-likeness (QED) is 0.559. The highest BCUT2D eigenvalue weighted by Gasteiger charge is 2.25. The molecule has 0 atom stereocenters. The molecule has 0 radical (unpaired) electrons. The first-order valence-corrected chi connectivity index (χ1v) is 6.96. The zero-order valence-corrected chi connectivity index (χ0v) is 13.0. The molecule has 0 aromatic rings. The van der Waals surface area contributed by atoms with Gasteiger partial charge in [-0.05, 0) is 30.6 Å². The summed E-state index contributed by atoms with van der Waals surface area (Å²) < 4.78 is 0. The lowest BCUT2D eigenvalue weighted by Gasteiger charge is -2.32. The molecule has 0 aliphatic carbocycles. The van der Waals surface area contributed by atoms with Crippen LogP contribution in [0.1, 0.15) is 67.2 Å². The Morgan fingerprint density at radius 2 is 1.67 bits per heavy atom. The van der Waals surface area contributed by atoms with Gasteiger partial charge in [0, 0.05) is 12.8 Å². The third-order valence-electron chi connectivity index (χ3n) is 2.87. The summed E-state index contributed by atoms with van der Waals surface area (Å²) in [5.74, 6) is 0.345. The van der Waals surface area contributed by atoms with Crippen LogP contribution in [-0.4, -0.2) is 5.78 Å². The summed E-state index contributed by atoms with van der Waals surface area (Å²) in [4.78, 5) is 11.7. The Labute approximate surface area is 113 Å². The first-order valence-electron chi connectivity index (χ1n) is 6.96. The highest BCUT2D eigenvalue weighted by molar-refractivity contribution is 5.79. The van der Waals surface area contributed by atoms with Crippen LogP contribution in [-0.2, 0) is 4.79 Å². The monoisotopic (exact) mass is 250 g/mol. The summed E-state index contributed by atoms with van der Waals surface area (Å²) >= 11 is 0. The van der Waals surface area contributed by atoms with E-state index in [0.717, 1.165) is 12.8 Å². The molecule has 0 saturated heterocycles. The van der Waals surface area contributed by atoms with Gasteiger partial charge in [0.25, 0.3) is 0 Å². The van der Waals surface area contributed by atoms with E-state index >= 15 is 0 Å². The summed E-state index contributed by atoms with van der Waals surface area (Å²) in [6.45, 7) is 13.3. The molecule has 0 aromatic heterocycles. The van der Waals surface area contributed by atoms with Crippen molar-refractivity contribution in [1.82, 2.24) is 0 Å². The zero-order valence-electron chi connectivity index (χ0n) is 13.0. The highest BCUT2D eigenvalue weighted by Crippen LogP contribution is 2.36. The van der Waals surface area contributed by atoms with Crippen LogP contribution in [0, 0.1) is 10.8 Å². The molecule has 0 aliphatic heterocycles. The Balaban J connectivity index is 4.04. The van der Waals surface area contributed by atoms with Crippen LogP contribution in [0.2, 0.25) is 0 Å². The third kappa shape index (κ3) is 10.3. The second-order valence-corrected chi connectivity index (χ2v) is 7.10. The van der Waals surface area contributed by atoms with E-state index in [1.54, 1.807) is 0 Å². The fourth-order valence-electron chi connectivity index (χ4n) is 2.49. The van der Waals surface area contributed by atoms with Gasteiger partial charge in [-0.15, -0.1) is 0 Å². The van der Waals surface area contributed by atoms with E-state index in [4.69, 9.17) is 0 Å². The van der Waals surface area contributed by atoms with Crippen LogP contribution in [0.3, 0.4) is 0 Å². The molecule has 0 spiro atoms. The topological polar surface area (TPSA) is 17.1 Å². The molecule has 0 amide bonds. The van der Waals surface area contributed by atoms with Gasteiger partial charge in [-0.1, -0.05) is 58.9 Å². The molecule has 1 heteroatoms. The predicted molar refractivity (Wildman–Crippen MR) is 80.7 cm³/mol. The van der Waals surface area contributed by atoms with Gasteiger partial charge in [0.1, 0.15) is 5.78 Å². The van der Waals surface area contributed by atoms with Crippen LogP contribution < -0.4 is 0 Å². The Hall–Kier alpha value is -0.850. The van der Waals surface area contributed by atoms with Crippen molar-refractivity contribution in [2.45, 2.75) is 67.2 Å². The average Bonchev–Trinajstić information content (AvgIpc) is 2.18. The van der Waals surface area contributed by atoms with Crippen molar-refractivity contribution in [2.75, 3.05) is 0 Å². The van der Waals surface area contributed by atoms with E-state index in [-0.39, 0.29) is 5.41 Å². The number of allylic oxidation sites excluding steroid dienone is 4. The van der Waals surface area contributed by atoms with E-state index in [1.807, 2.05) is 31.2 Å². The number of Topliss-reactive ketones (excluding diaryl/α,β-unsaturated/α-hetero) is 1. The standard InChI is InChI=1S/C17H30O/c1-7-8-9-10-11-15(18)12-13-17(5,6)14-16(2,3)4/h7-10H,11-14H2,1-6H3/b8-7+,10-9+. The highest BCUT2D eigenvalue weighted by atomic mass is 16.1. The van der Waals surface area contributed by atoms with Gasteiger partial charge in [0.2, 0.25) is 0 Å². The summed E-state index contributed by atoms with van der Waals surface area (Å²) in [7, 11) is 0. The number of rotatable bonds is 7. The molecule has 0 bridgehead atoms. The molecule has 104 valence electrons. The van der Waals surface area contributed by atoms with Crippen molar-refractivity contribution in [2.24, 2.45) is 10.8 Å². The first kappa shape index (κ1) is 17.2. The van der Waals surface area contributed by atoms with Crippen molar-refractivity contribution >= 4 is 5.78 Å². The van der Waals surface area contributed by atoms with Crippen LogP contribution >= 0.6 is 0 Å². The number of carbonyl (C=O) groups excluding carboxylic acids is 1. The van der Waals surface area contributed by atoms with Gasteiger partial charge < -0.3 is 0 Å². The maximum atomic E-state index is 11.7. The average molecular weight is 250 g/mol. The van der Waals surface area contributed by atoms with Gasteiger partial charge >= 0.3 is 0 Å². The molecule has 0 saturated carbocycles. The normalized spacial score (nSPS) is 13.7. The van der Waals surface area contributed by atoms with Crippen molar-refractivity contribution in [3.63, 3.8) is 0 Å². The van der Waals surface area contributed by atoms with Crippen molar-refractivity contribution in [1.29, 1.82) is 0 Å². The number of ketones is 1. The van der Waals surface area contributed by atoms with Crippen molar-refractivity contribution in [3.05, 3.63) is 24.3 Å².